The summed E-state index contributed by atoms with van der Waals surface area (Å²) < 4.78 is 0. The van der Waals surface area contributed by atoms with E-state index in [1.807, 2.05) is 12.1 Å². The summed E-state index contributed by atoms with van der Waals surface area (Å²) in [6.07, 6.45) is 7.53. The first-order chi connectivity index (χ1) is 21.1. The Labute approximate surface area is 248 Å². The molecule has 0 unspecified atom stereocenters. The highest BCUT2D eigenvalue weighted by atomic mass is 16.6. The molecule has 16 nitrogen and oxygen atoms in total. The molecule has 0 saturated heterocycles. The molecule has 0 bridgehead atoms. The van der Waals surface area contributed by atoms with E-state index in [-0.39, 0.29) is 29.1 Å². The Bertz CT molecular complexity index is 1760. The smallest absolute Gasteiger partial charge is 0.272 e. The summed E-state index contributed by atoms with van der Waals surface area (Å²) in [5, 5.41) is 53.7. The number of rotatable bonds is 10. The number of non-ortho nitro benzene ring substituents is 2. The van der Waals surface area contributed by atoms with Crippen LogP contribution in [0.2, 0.25) is 0 Å². The average Bonchev–Trinajstić information content (AvgIpc) is 3.01. The average molecular weight is 601 g/mol. The van der Waals surface area contributed by atoms with Crippen LogP contribution in [0.15, 0.2) is 76.9 Å². The van der Waals surface area contributed by atoms with Gasteiger partial charge in [-0.05, 0) is 54.0 Å². The molecule has 3 atom stereocenters. The van der Waals surface area contributed by atoms with Crippen molar-refractivity contribution >= 4 is 52.1 Å². The first-order valence-electron chi connectivity index (χ1n) is 13.4. The lowest BCUT2D eigenvalue weighted by molar-refractivity contribution is -0.393. The second kappa shape index (κ2) is 12.4. The number of hydrogen-bond donors (Lipinski definition) is 2. The molecular formula is C28H24N8O8. The molecule has 0 heterocycles. The molecule has 3 aromatic carbocycles. The number of hydrazone groups is 2. The van der Waals surface area contributed by atoms with Crippen LogP contribution >= 0.6 is 0 Å². The summed E-state index contributed by atoms with van der Waals surface area (Å²) >= 11 is 0. The summed E-state index contributed by atoms with van der Waals surface area (Å²) in [5.41, 5.74) is 6.90. The molecule has 0 radical (unpaired) electrons. The molecule has 0 fully saturated rings. The zero-order valence-electron chi connectivity index (χ0n) is 22.8. The van der Waals surface area contributed by atoms with Gasteiger partial charge in [0.25, 0.3) is 11.4 Å². The summed E-state index contributed by atoms with van der Waals surface area (Å²) in [7, 11) is 0. The minimum atomic E-state index is -0.738. The van der Waals surface area contributed by atoms with Crippen LogP contribution in [0.4, 0.5) is 34.1 Å². The maximum absolute atomic E-state index is 11.6. The quantitative estimate of drug-likeness (QED) is 0.155. The van der Waals surface area contributed by atoms with Crippen molar-refractivity contribution in [3.8, 4) is 0 Å². The number of anilines is 2. The number of nitrogens with zero attached hydrogens (tertiary/aromatic N) is 6. The fourth-order valence-electron chi connectivity index (χ4n) is 5.59. The van der Waals surface area contributed by atoms with Gasteiger partial charge in [-0.25, -0.2) is 0 Å². The van der Waals surface area contributed by atoms with E-state index in [0.717, 1.165) is 48.2 Å². The number of fused-ring (bicyclic) bond motifs is 3. The number of nitro benzene ring substituents is 4. The maximum atomic E-state index is 11.6. The van der Waals surface area contributed by atoms with E-state index in [1.165, 1.54) is 17.7 Å². The van der Waals surface area contributed by atoms with Gasteiger partial charge in [-0.3, -0.25) is 51.3 Å². The van der Waals surface area contributed by atoms with Crippen molar-refractivity contribution in [1.29, 1.82) is 0 Å². The molecule has 5 rings (SSSR count). The van der Waals surface area contributed by atoms with Crippen LogP contribution < -0.4 is 10.9 Å². The number of nitrogens with one attached hydrogen (secondary N) is 2. The number of benzene rings is 3. The molecule has 0 saturated carbocycles. The second-order valence-electron chi connectivity index (χ2n) is 10.1. The third kappa shape index (κ3) is 6.08. The summed E-state index contributed by atoms with van der Waals surface area (Å²) in [4.78, 5) is 42.3. The molecule has 2 aliphatic carbocycles. The molecule has 2 N–H and O–H groups in total. The lowest BCUT2D eigenvalue weighted by Gasteiger charge is -2.38. The summed E-state index contributed by atoms with van der Waals surface area (Å²) in [5.74, 6) is -0.470. The number of allylic oxidation sites excluding steroid dienone is 2. The van der Waals surface area contributed by atoms with Gasteiger partial charge in [-0.1, -0.05) is 30.3 Å². The van der Waals surface area contributed by atoms with Crippen molar-refractivity contribution in [3.05, 3.63) is 118 Å². The summed E-state index contributed by atoms with van der Waals surface area (Å²) in [6.45, 7) is 0. The van der Waals surface area contributed by atoms with Crippen LogP contribution in [-0.2, 0) is 6.42 Å². The fraction of sp³-hybridized carbons (Fsp3) is 0.214. The van der Waals surface area contributed by atoms with Crippen LogP contribution in [0.1, 0.15) is 24.0 Å². The highest BCUT2D eigenvalue weighted by molar-refractivity contribution is 5.82. The molecule has 0 spiro atoms. The highest BCUT2D eigenvalue weighted by Crippen LogP contribution is 2.45. The Morgan fingerprint density at radius 1 is 0.727 bits per heavy atom. The van der Waals surface area contributed by atoms with Gasteiger partial charge in [-0.15, -0.1) is 0 Å². The third-order valence-corrected chi connectivity index (χ3v) is 7.68. The van der Waals surface area contributed by atoms with E-state index in [2.05, 4.69) is 39.3 Å². The van der Waals surface area contributed by atoms with Crippen LogP contribution in [0.5, 0.6) is 0 Å². The molecule has 2 aliphatic rings. The molecule has 224 valence electrons. The lowest BCUT2D eigenvalue weighted by Crippen LogP contribution is -2.33. The van der Waals surface area contributed by atoms with E-state index < -0.39 is 42.4 Å². The Morgan fingerprint density at radius 3 is 1.86 bits per heavy atom. The van der Waals surface area contributed by atoms with Crippen molar-refractivity contribution < 1.29 is 19.7 Å². The van der Waals surface area contributed by atoms with Crippen LogP contribution in [0.25, 0.3) is 5.57 Å². The van der Waals surface area contributed by atoms with Gasteiger partial charge in [0, 0.05) is 36.4 Å². The zero-order chi connectivity index (χ0) is 31.4. The van der Waals surface area contributed by atoms with E-state index in [9.17, 15) is 40.5 Å². The van der Waals surface area contributed by atoms with Crippen LogP contribution in [0, 0.1) is 58.2 Å². The first-order valence-corrected chi connectivity index (χ1v) is 13.4. The minimum Gasteiger partial charge on any atom is -0.272 e. The number of hydrogen-bond acceptors (Lipinski definition) is 12. The Hall–Kier alpha value is -6.06. The van der Waals surface area contributed by atoms with Crippen molar-refractivity contribution in [3.63, 3.8) is 0 Å². The summed E-state index contributed by atoms with van der Waals surface area (Å²) in [6, 6.07) is 14.5. The monoisotopic (exact) mass is 600 g/mol. The van der Waals surface area contributed by atoms with Crippen molar-refractivity contribution in [2.75, 3.05) is 10.9 Å². The Balaban J connectivity index is 1.43. The van der Waals surface area contributed by atoms with E-state index in [1.54, 1.807) is 12.4 Å². The molecule has 16 heteroatoms. The molecular weight excluding hydrogens is 576 g/mol. The standard InChI is InChI=1S/C28H24N8O8/c37-33(38)19-7-11-25(27(13-19)35(41)42)31-29-15-18-6-10-22-21-4-2-1-3-17(21)5-9-23(22)24(18)16-30-32-26-12-8-20(34(39)40)14-28(26)36(43)44/h1-4,7-8,10-16,18,23-24,31-32H,5-6,9H2/b29-15-,30-16-/t18-,23-,24+/m1/s1. The number of nitro groups is 4. The first kappa shape index (κ1) is 29.4. The minimum absolute atomic E-state index is 0.0150. The van der Waals surface area contributed by atoms with Gasteiger partial charge >= 0.3 is 11.4 Å². The largest absolute Gasteiger partial charge is 0.301 e. The van der Waals surface area contributed by atoms with Crippen molar-refractivity contribution in [2.45, 2.75) is 19.3 Å². The predicted molar refractivity (Wildman–Crippen MR) is 162 cm³/mol. The third-order valence-electron chi connectivity index (χ3n) is 7.68. The van der Waals surface area contributed by atoms with E-state index in [0.29, 0.717) is 6.42 Å². The predicted octanol–water partition coefficient (Wildman–Crippen LogP) is 6.10. The van der Waals surface area contributed by atoms with E-state index >= 15 is 0 Å². The molecule has 3 aromatic rings. The highest BCUT2D eigenvalue weighted by Gasteiger charge is 2.36. The molecule has 0 aromatic heterocycles. The van der Waals surface area contributed by atoms with Crippen molar-refractivity contribution in [1.82, 2.24) is 0 Å². The van der Waals surface area contributed by atoms with Crippen molar-refractivity contribution in [2.24, 2.45) is 28.0 Å². The lowest BCUT2D eigenvalue weighted by atomic mass is 9.66. The second-order valence-corrected chi connectivity index (χ2v) is 10.1. The normalized spacial score (nSPS) is 19.1. The van der Waals surface area contributed by atoms with Gasteiger partial charge in [-0.2, -0.15) is 10.2 Å². The van der Waals surface area contributed by atoms with Gasteiger partial charge < -0.3 is 0 Å². The van der Waals surface area contributed by atoms with Crippen LogP contribution in [-0.4, -0.2) is 32.1 Å². The Kier molecular flexibility index (Phi) is 8.32. The topological polar surface area (TPSA) is 221 Å². The van der Waals surface area contributed by atoms with Gasteiger partial charge in [0.05, 0.1) is 31.8 Å². The van der Waals surface area contributed by atoms with Gasteiger partial charge in [0.1, 0.15) is 11.4 Å². The molecule has 44 heavy (non-hydrogen) atoms. The number of aryl methyl sites for hydroxylation is 1. The SMILES string of the molecule is O=[N+]([O-])c1ccc(N/N=C\[C@@H]2[C@@H]3CCc4ccccc4C3=CC[C@@H]2/C=N\Nc2ccc([N+](=O)[O-])cc2[N+](=O)[O-])c([N+](=O)[O-])c1. The van der Waals surface area contributed by atoms with Gasteiger partial charge in [0.2, 0.25) is 0 Å². The Morgan fingerprint density at radius 2 is 1.30 bits per heavy atom. The molecule has 0 aliphatic heterocycles. The van der Waals surface area contributed by atoms with Crippen LogP contribution in [0.3, 0.4) is 0 Å². The van der Waals surface area contributed by atoms with Gasteiger partial charge in [0.15, 0.2) is 0 Å². The zero-order valence-corrected chi connectivity index (χ0v) is 22.8. The molecule has 0 amide bonds. The maximum Gasteiger partial charge on any atom is 0.301 e. The fourth-order valence-corrected chi connectivity index (χ4v) is 5.59. The van der Waals surface area contributed by atoms with E-state index in [4.69, 9.17) is 0 Å².